The van der Waals surface area contributed by atoms with Gasteiger partial charge in [-0.05, 0) is 12.1 Å². The van der Waals surface area contributed by atoms with E-state index in [1.165, 1.54) is 0 Å². The van der Waals surface area contributed by atoms with Gasteiger partial charge in [-0.3, -0.25) is 5.92 Å². The van der Waals surface area contributed by atoms with Gasteiger partial charge in [0.05, 0.1) is 0 Å². The molecule has 0 bridgehead atoms. The molecule has 0 atom stereocenters. The van der Waals surface area contributed by atoms with Crippen LogP contribution in [-0.4, -0.2) is 0 Å². The quantitative estimate of drug-likeness (QED) is 0.325. The predicted molar refractivity (Wildman–Crippen MR) is 65.1 cm³/mol. The van der Waals surface area contributed by atoms with Crippen LogP contribution >= 0.6 is 0 Å². The third-order valence-corrected chi connectivity index (χ3v) is 2.15. The van der Waals surface area contributed by atoms with Crippen molar-refractivity contribution in [3.63, 3.8) is 0 Å². The second kappa shape index (κ2) is 6.68. The number of hydrogen-bond acceptors (Lipinski definition) is 0. The van der Waals surface area contributed by atoms with Gasteiger partial charge in [0.25, 0.3) is 0 Å². The summed E-state index contributed by atoms with van der Waals surface area (Å²) in [4.78, 5) is 0. The molecule has 0 nitrogen and oxygen atoms in total. The molecule has 0 spiro atoms. The topological polar surface area (TPSA) is 0 Å². The zero-order valence-electron chi connectivity index (χ0n) is 9.70. The molecule has 0 fully saturated rings. The molecule has 0 heterocycles. The molecule has 0 aromatic heterocycles. The molecule has 0 aliphatic rings. The fourth-order valence-electron chi connectivity index (χ4n) is 1.30. The average Bonchev–Trinajstić information content (AvgIpc) is 2.38. The van der Waals surface area contributed by atoms with E-state index in [2.05, 4.69) is 17.8 Å². The van der Waals surface area contributed by atoms with E-state index < -0.39 is 0 Å². The molecule has 0 saturated carbocycles. The molecule has 0 N–H and O–H groups in total. The summed E-state index contributed by atoms with van der Waals surface area (Å²) in [5.41, 5.74) is 2.72. The minimum absolute atomic E-state index is 0. The molecule has 2 rings (SSSR count). The first kappa shape index (κ1) is 13.2. The normalized spacial score (nSPS) is 8.18. The summed E-state index contributed by atoms with van der Waals surface area (Å²) < 4.78 is 0. The van der Waals surface area contributed by atoms with Gasteiger partial charge in [0, 0.05) is 11.1 Å². The summed E-state index contributed by atoms with van der Waals surface area (Å²) in [5.74, 6) is 8.48. The average molecular weight is 208 g/mol. The van der Waals surface area contributed by atoms with Gasteiger partial charge in [-0.15, -0.1) is 17.7 Å². The van der Waals surface area contributed by atoms with Crippen molar-refractivity contribution in [2.45, 2.75) is 0 Å². The van der Waals surface area contributed by atoms with Gasteiger partial charge in [-0.1, -0.05) is 42.2 Å². The van der Waals surface area contributed by atoms with Gasteiger partial charge in [-0.25, -0.2) is 0 Å². The molecule has 2 aromatic rings. The SMILES string of the molecule is [C-]#Cc1ccc(C#Cc2ccccc2)cc1.[Li+]. The van der Waals surface area contributed by atoms with Crippen LogP contribution in [0, 0.1) is 24.2 Å². The fraction of sp³-hybridized carbons (Fsp3) is 0. The summed E-state index contributed by atoms with van der Waals surface area (Å²) in [6, 6.07) is 17.3. The molecule has 2 aromatic carbocycles. The Bertz CT molecular complexity index is 563. The van der Waals surface area contributed by atoms with Crippen LogP contribution in [0.1, 0.15) is 16.7 Å². The smallest absolute Gasteiger partial charge is 0.366 e. The fourth-order valence-corrected chi connectivity index (χ4v) is 1.30. The second-order valence-corrected chi connectivity index (χ2v) is 3.32. The van der Waals surface area contributed by atoms with Crippen LogP contribution in [0.15, 0.2) is 54.6 Å². The maximum absolute atomic E-state index is 6.96. The van der Waals surface area contributed by atoms with Crippen molar-refractivity contribution < 1.29 is 18.9 Å². The molecule has 1 heteroatoms. The predicted octanol–water partition coefficient (Wildman–Crippen LogP) is 0.0283. The first-order chi connectivity index (χ1) is 7.88. The standard InChI is InChI=1S/C16H9.Li/c1-2-14-8-10-16(11-9-14)13-12-15-6-4-3-5-7-15;/h3-11H;/q-1;+1. The summed E-state index contributed by atoms with van der Waals surface area (Å²) in [7, 11) is 0. The van der Waals surface area contributed by atoms with Crippen molar-refractivity contribution in [2.24, 2.45) is 0 Å². The largest absolute Gasteiger partial charge is 1.00 e. The van der Waals surface area contributed by atoms with Crippen molar-refractivity contribution >= 4 is 0 Å². The molecule has 0 radical (unpaired) electrons. The third-order valence-electron chi connectivity index (χ3n) is 2.15. The molecule has 0 amide bonds. The van der Waals surface area contributed by atoms with Gasteiger partial charge in [0.15, 0.2) is 0 Å². The van der Waals surface area contributed by atoms with Crippen molar-refractivity contribution in [3.8, 4) is 17.8 Å². The minimum Gasteiger partial charge on any atom is -0.366 e. The van der Waals surface area contributed by atoms with Gasteiger partial charge >= 0.3 is 18.9 Å². The Morgan fingerprint density at radius 3 is 1.65 bits per heavy atom. The maximum atomic E-state index is 6.96. The molecule has 0 saturated heterocycles. The molecule has 0 unspecified atom stereocenters. The Balaban J connectivity index is 0.00000144. The molecule has 17 heavy (non-hydrogen) atoms. The van der Waals surface area contributed by atoms with E-state index in [-0.39, 0.29) is 18.9 Å². The first-order valence-electron chi connectivity index (χ1n) is 4.98. The van der Waals surface area contributed by atoms with E-state index in [1.807, 2.05) is 54.6 Å². The van der Waals surface area contributed by atoms with Gasteiger partial charge in [0.1, 0.15) is 0 Å². The second-order valence-electron chi connectivity index (χ2n) is 3.32. The number of hydrogen-bond donors (Lipinski definition) is 0. The van der Waals surface area contributed by atoms with E-state index in [0.717, 1.165) is 16.7 Å². The summed E-state index contributed by atoms with van der Waals surface area (Å²) >= 11 is 0. The van der Waals surface area contributed by atoms with E-state index in [9.17, 15) is 0 Å². The van der Waals surface area contributed by atoms with E-state index >= 15 is 0 Å². The minimum atomic E-state index is 0. The number of benzene rings is 2. The summed E-state index contributed by atoms with van der Waals surface area (Å²) in [6.45, 7) is 0. The summed E-state index contributed by atoms with van der Waals surface area (Å²) in [5, 5.41) is 0. The van der Waals surface area contributed by atoms with E-state index in [1.54, 1.807) is 0 Å². The maximum Gasteiger partial charge on any atom is 1.00 e. The van der Waals surface area contributed by atoms with Crippen molar-refractivity contribution in [1.29, 1.82) is 0 Å². The molecule has 0 aliphatic heterocycles. The van der Waals surface area contributed by atoms with Crippen molar-refractivity contribution in [2.75, 3.05) is 0 Å². The van der Waals surface area contributed by atoms with Crippen LogP contribution in [0.5, 0.6) is 0 Å². The van der Waals surface area contributed by atoms with E-state index in [0.29, 0.717) is 0 Å². The zero-order chi connectivity index (χ0) is 11.2. The monoisotopic (exact) mass is 208 g/mol. The summed E-state index contributed by atoms with van der Waals surface area (Å²) in [6.07, 6.45) is 6.96. The van der Waals surface area contributed by atoms with Crippen LogP contribution in [0.4, 0.5) is 0 Å². The first-order valence-corrected chi connectivity index (χ1v) is 4.98. The zero-order valence-corrected chi connectivity index (χ0v) is 9.70. The van der Waals surface area contributed by atoms with Crippen LogP contribution in [0.2, 0.25) is 0 Å². The Hall–Kier alpha value is -1.84. The van der Waals surface area contributed by atoms with Crippen LogP contribution < -0.4 is 18.9 Å². The van der Waals surface area contributed by atoms with Crippen molar-refractivity contribution in [1.82, 2.24) is 0 Å². The Labute approximate surface area is 114 Å². The molecule has 74 valence electrons. The van der Waals surface area contributed by atoms with E-state index in [4.69, 9.17) is 6.42 Å². The van der Waals surface area contributed by atoms with Gasteiger partial charge in [-0.2, -0.15) is 0 Å². The van der Waals surface area contributed by atoms with Crippen LogP contribution in [-0.2, 0) is 0 Å². The van der Waals surface area contributed by atoms with Gasteiger partial charge < -0.3 is 6.42 Å². The Kier molecular flexibility index (Phi) is 5.19. The molecule has 0 aliphatic carbocycles. The Morgan fingerprint density at radius 2 is 1.12 bits per heavy atom. The molecular weight excluding hydrogens is 199 g/mol. The third kappa shape index (κ3) is 3.90. The van der Waals surface area contributed by atoms with Crippen LogP contribution in [0.3, 0.4) is 0 Å². The van der Waals surface area contributed by atoms with Crippen molar-refractivity contribution in [3.05, 3.63) is 77.7 Å². The Morgan fingerprint density at radius 1 is 0.647 bits per heavy atom. The van der Waals surface area contributed by atoms with Crippen LogP contribution in [0.25, 0.3) is 0 Å². The molecular formula is C16H9Li. The van der Waals surface area contributed by atoms with Gasteiger partial charge in [0.2, 0.25) is 0 Å². The number of rotatable bonds is 0.